The van der Waals surface area contributed by atoms with E-state index < -0.39 is 0 Å². The van der Waals surface area contributed by atoms with Gasteiger partial charge in [-0.05, 0) is 44.3 Å². The SMILES string of the molecule is CN=C(NCCN1CCCN(C)CC1)NCc1ccc2c(c1)OCO2.I. The number of nitrogens with zero attached hydrogens (tertiary/aromatic N) is 3. The maximum atomic E-state index is 5.42. The lowest BCUT2D eigenvalue weighted by Gasteiger charge is -2.21. The lowest BCUT2D eigenvalue weighted by molar-refractivity contribution is 0.174. The van der Waals surface area contributed by atoms with Crippen LogP contribution in [-0.2, 0) is 6.54 Å². The molecule has 0 amide bonds. The van der Waals surface area contributed by atoms with Crippen molar-refractivity contribution in [1.29, 1.82) is 0 Å². The first-order valence-corrected chi connectivity index (χ1v) is 8.98. The molecule has 2 N–H and O–H groups in total. The van der Waals surface area contributed by atoms with Gasteiger partial charge < -0.3 is 29.9 Å². The molecule has 0 saturated carbocycles. The van der Waals surface area contributed by atoms with Gasteiger partial charge in [-0.1, -0.05) is 6.07 Å². The maximum Gasteiger partial charge on any atom is 0.231 e. The van der Waals surface area contributed by atoms with Gasteiger partial charge in [-0.25, -0.2) is 0 Å². The van der Waals surface area contributed by atoms with Crippen molar-refractivity contribution in [3.63, 3.8) is 0 Å². The Morgan fingerprint density at radius 3 is 2.81 bits per heavy atom. The molecule has 1 aromatic rings. The minimum Gasteiger partial charge on any atom is -0.454 e. The highest BCUT2D eigenvalue weighted by Gasteiger charge is 2.14. The number of rotatable bonds is 5. The molecular weight excluding hydrogens is 445 g/mol. The van der Waals surface area contributed by atoms with Crippen LogP contribution in [0.5, 0.6) is 11.5 Å². The van der Waals surface area contributed by atoms with Crippen molar-refractivity contribution in [2.24, 2.45) is 4.99 Å². The zero-order valence-electron chi connectivity index (χ0n) is 15.7. The molecule has 26 heavy (non-hydrogen) atoms. The molecule has 3 rings (SSSR count). The molecule has 1 aromatic carbocycles. The van der Waals surface area contributed by atoms with Gasteiger partial charge in [0.15, 0.2) is 17.5 Å². The molecule has 0 aromatic heterocycles. The van der Waals surface area contributed by atoms with Crippen molar-refractivity contribution < 1.29 is 9.47 Å². The normalized spacial score (nSPS) is 18.2. The molecule has 1 fully saturated rings. The quantitative estimate of drug-likeness (QED) is 0.381. The van der Waals surface area contributed by atoms with Crippen molar-refractivity contribution in [3.8, 4) is 11.5 Å². The Balaban J connectivity index is 0.00000243. The van der Waals surface area contributed by atoms with E-state index in [-0.39, 0.29) is 24.0 Å². The zero-order chi connectivity index (χ0) is 17.5. The summed E-state index contributed by atoms with van der Waals surface area (Å²) in [5, 5.41) is 6.75. The van der Waals surface area contributed by atoms with Crippen molar-refractivity contribution in [1.82, 2.24) is 20.4 Å². The smallest absolute Gasteiger partial charge is 0.231 e. The van der Waals surface area contributed by atoms with Gasteiger partial charge >= 0.3 is 0 Å². The van der Waals surface area contributed by atoms with Crippen LogP contribution in [0.2, 0.25) is 0 Å². The van der Waals surface area contributed by atoms with Gasteiger partial charge in [0.2, 0.25) is 6.79 Å². The second-order valence-electron chi connectivity index (χ2n) is 6.54. The van der Waals surface area contributed by atoms with Crippen LogP contribution in [-0.4, -0.2) is 75.9 Å². The lowest BCUT2D eigenvalue weighted by atomic mass is 10.2. The molecule has 7 nitrogen and oxygen atoms in total. The van der Waals surface area contributed by atoms with Crippen LogP contribution in [0.25, 0.3) is 0 Å². The van der Waals surface area contributed by atoms with Gasteiger partial charge in [-0.2, -0.15) is 0 Å². The third kappa shape index (κ3) is 6.17. The molecule has 1 saturated heterocycles. The zero-order valence-corrected chi connectivity index (χ0v) is 18.0. The monoisotopic (exact) mass is 475 g/mol. The highest BCUT2D eigenvalue weighted by Crippen LogP contribution is 2.32. The number of halogens is 1. The summed E-state index contributed by atoms with van der Waals surface area (Å²) in [4.78, 5) is 9.22. The summed E-state index contributed by atoms with van der Waals surface area (Å²) in [6.45, 7) is 7.60. The van der Waals surface area contributed by atoms with Gasteiger partial charge in [-0.15, -0.1) is 24.0 Å². The van der Waals surface area contributed by atoms with E-state index >= 15 is 0 Å². The first-order chi connectivity index (χ1) is 12.2. The van der Waals surface area contributed by atoms with Crippen LogP contribution in [0.4, 0.5) is 0 Å². The van der Waals surface area contributed by atoms with Crippen molar-refractivity contribution >= 4 is 29.9 Å². The average molecular weight is 475 g/mol. The number of hydrogen-bond acceptors (Lipinski definition) is 5. The molecule has 0 unspecified atom stereocenters. The van der Waals surface area contributed by atoms with Gasteiger partial charge in [0.05, 0.1) is 0 Å². The number of nitrogens with one attached hydrogen (secondary N) is 2. The van der Waals surface area contributed by atoms with Crippen LogP contribution >= 0.6 is 24.0 Å². The number of likely N-dealkylation sites (N-methyl/N-ethyl adjacent to an activating group) is 1. The highest BCUT2D eigenvalue weighted by atomic mass is 127. The molecule has 2 aliphatic rings. The number of fused-ring (bicyclic) bond motifs is 1. The van der Waals surface area contributed by atoms with Gasteiger partial charge in [0.1, 0.15) is 0 Å². The van der Waals surface area contributed by atoms with Gasteiger partial charge in [0, 0.05) is 39.8 Å². The summed E-state index contributed by atoms with van der Waals surface area (Å²) < 4.78 is 10.8. The predicted molar refractivity (Wildman–Crippen MR) is 115 cm³/mol. The molecule has 0 atom stereocenters. The first kappa shape index (κ1) is 21.0. The number of guanidine groups is 1. The van der Waals surface area contributed by atoms with Gasteiger partial charge in [-0.3, -0.25) is 4.99 Å². The van der Waals surface area contributed by atoms with Gasteiger partial charge in [0.25, 0.3) is 0 Å². The number of ether oxygens (including phenoxy) is 2. The third-order valence-corrected chi connectivity index (χ3v) is 4.65. The standard InChI is InChI=1S/C18H29N5O2.HI/c1-19-18(20-6-9-23-8-3-7-22(2)10-11-23)21-13-15-4-5-16-17(12-15)25-14-24-16;/h4-5,12H,3,6-11,13-14H2,1-2H3,(H2,19,20,21);1H. The first-order valence-electron chi connectivity index (χ1n) is 8.98. The molecule has 146 valence electrons. The molecule has 0 aliphatic carbocycles. The van der Waals surface area contributed by atoms with E-state index in [2.05, 4.69) is 32.5 Å². The van der Waals surface area contributed by atoms with Crippen molar-refractivity contribution in [2.75, 3.05) is 60.2 Å². The lowest BCUT2D eigenvalue weighted by Crippen LogP contribution is -2.42. The molecule has 2 aliphatic heterocycles. The van der Waals surface area contributed by atoms with Crippen molar-refractivity contribution in [2.45, 2.75) is 13.0 Å². The van der Waals surface area contributed by atoms with Crippen LogP contribution in [0.3, 0.4) is 0 Å². The Labute approximate surface area is 173 Å². The molecular formula is C18H30IN5O2. The average Bonchev–Trinajstić information content (AvgIpc) is 2.99. The van der Waals surface area contributed by atoms with E-state index in [9.17, 15) is 0 Å². The van der Waals surface area contributed by atoms with E-state index in [1.807, 2.05) is 18.2 Å². The Morgan fingerprint density at radius 2 is 1.96 bits per heavy atom. The van der Waals surface area contributed by atoms with Crippen LogP contribution in [0.1, 0.15) is 12.0 Å². The van der Waals surface area contributed by atoms with E-state index in [1.165, 1.54) is 19.5 Å². The second kappa shape index (κ2) is 10.8. The number of hydrogen-bond donors (Lipinski definition) is 2. The molecule has 2 heterocycles. The third-order valence-electron chi connectivity index (χ3n) is 4.65. The van der Waals surface area contributed by atoms with E-state index in [1.54, 1.807) is 7.05 Å². The van der Waals surface area contributed by atoms with E-state index in [0.717, 1.165) is 49.2 Å². The fourth-order valence-corrected chi connectivity index (χ4v) is 3.11. The Hall–Kier alpha value is -1.26. The van der Waals surface area contributed by atoms with Crippen molar-refractivity contribution in [3.05, 3.63) is 23.8 Å². The summed E-state index contributed by atoms with van der Waals surface area (Å²) in [5.41, 5.74) is 1.14. The fourth-order valence-electron chi connectivity index (χ4n) is 3.11. The minimum absolute atomic E-state index is 0. The summed E-state index contributed by atoms with van der Waals surface area (Å²) >= 11 is 0. The molecule has 0 radical (unpaired) electrons. The predicted octanol–water partition coefficient (Wildman–Crippen LogP) is 1.34. The number of aliphatic imine (C=N–C) groups is 1. The molecule has 8 heteroatoms. The Kier molecular flexibility index (Phi) is 8.73. The minimum atomic E-state index is 0. The second-order valence-corrected chi connectivity index (χ2v) is 6.54. The van der Waals surface area contributed by atoms with E-state index in [0.29, 0.717) is 13.3 Å². The van der Waals surface area contributed by atoms with Crippen LogP contribution in [0, 0.1) is 0 Å². The summed E-state index contributed by atoms with van der Waals surface area (Å²) in [5.74, 6) is 2.45. The highest BCUT2D eigenvalue weighted by molar-refractivity contribution is 14.0. The van der Waals surface area contributed by atoms with E-state index in [4.69, 9.17) is 9.47 Å². The summed E-state index contributed by atoms with van der Waals surface area (Å²) in [6, 6.07) is 6.00. The number of benzene rings is 1. The Morgan fingerprint density at radius 1 is 1.12 bits per heavy atom. The molecule has 0 bridgehead atoms. The topological polar surface area (TPSA) is 61.4 Å². The Bertz CT molecular complexity index is 599. The maximum absolute atomic E-state index is 5.42. The fraction of sp³-hybridized carbons (Fsp3) is 0.611. The van der Waals surface area contributed by atoms with Crippen LogP contribution < -0.4 is 20.1 Å². The molecule has 0 spiro atoms. The van der Waals surface area contributed by atoms with Crippen LogP contribution in [0.15, 0.2) is 23.2 Å². The summed E-state index contributed by atoms with van der Waals surface area (Å²) in [7, 11) is 4.00. The largest absolute Gasteiger partial charge is 0.454 e. The summed E-state index contributed by atoms with van der Waals surface area (Å²) in [6.07, 6.45) is 1.24.